The second-order valence-corrected chi connectivity index (χ2v) is 14.3. The van der Waals surface area contributed by atoms with E-state index in [2.05, 4.69) is 18.3 Å². The fourth-order valence-electron chi connectivity index (χ4n) is 7.27. The van der Waals surface area contributed by atoms with Crippen molar-refractivity contribution >= 4 is 51.0 Å². The third-order valence-electron chi connectivity index (χ3n) is 9.63. The maximum Gasteiger partial charge on any atom is 0.352 e. The van der Waals surface area contributed by atoms with Gasteiger partial charge in [0.2, 0.25) is 0 Å². The maximum atomic E-state index is 14.3. The Labute approximate surface area is 299 Å². The minimum atomic E-state index is -0.996. The Morgan fingerprint density at radius 3 is 2.72 bits per heavy atom. The van der Waals surface area contributed by atoms with Gasteiger partial charge in [-0.15, -0.1) is 11.8 Å². The van der Waals surface area contributed by atoms with Crippen LogP contribution in [0.5, 0.6) is 5.75 Å². The summed E-state index contributed by atoms with van der Waals surface area (Å²) < 4.78 is 26.5. The highest BCUT2D eigenvalue weighted by atomic mass is 35.5. The first-order valence-electron chi connectivity index (χ1n) is 16.8. The number of fused-ring (bicyclic) bond motifs is 8. The average Bonchev–Trinajstić information content (AvgIpc) is 3.69. The summed E-state index contributed by atoms with van der Waals surface area (Å²) in [5.74, 6) is 0.711. The molecule has 9 nitrogen and oxygen atoms in total. The molecule has 50 heavy (non-hydrogen) atoms. The van der Waals surface area contributed by atoms with Gasteiger partial charge in [0.15, 0.2) is 0 Å². The van der Waals surface area contributed by atoms with Gasteiger partial charge in [-0.3, -0.25) is 9.36 Å². The van der Waals surface area contributed by atoms with Crippen LogP contribution in [-0.2, 0) is 44.5 Å². The van der Waals surface area contributed by atoms with E-state index in [1.54, 1.807) is 23.9 Å². The molecule has 7 rings (SSSR count). The third kappa shape index (κ3) is 6.38. The van der Waals surface area contributed by atoms with Gasteiger partial charge in [0, 0.05) is 75.5 Å². The van der Waals surface area contributed by atoms with E-state index in [9.17, 15) is 14.3 Å². The van der Waals surface area contributed by atoms with Gasteiger partial charge < -0.3 is 19.7 Å². The predicted molar refractivity (Wildman–Crippen MR) is 198 cm³/mol. The van der Waals surface area contributed by atoms with Crippen LogP contribution >= 0.6 is 23.4 Å². The van der Waals surface area contributed by atoms with Crippen molar-refractivity contribution in [1.82, 2.24) is 29.4 Å². The number of halogens is 2. The number of likely N-dealkylation sites (N-methyl/N-ethyl adjacent to an activating group) is 1. The molecule has 260 valence electrons. The molecule has 0 amide bonds. The van der Waals surface area contributed by atoms with Gasteiger partial charge in [0.25, 0.3) is 0 Å². The van der Waals surface area contributed by atoms with Gasteiger partial charge in [-0.25, -0.2) is 9.18 Å². The van der Waals surface area contributed by atoms with E-state index in [-0.39, 0.29) is 11.5 Å². The number of carboxylic acids is 1. The lowest BCUT2D eigenvalue weighted by Crippen LogP contribution is -2.16. The molecule has 2 N–H and O–H groups in total. The SMILES string of the molecule is CNCCn1nc2c(c1C)-c1c(Cl)ccc3c1c(C)c(C(=O)O)n3CCCOc1cc(cc3cc(F)ccc13)CCc1cc(nn1C)CSC2. The van der Waals surface area contributed by atoms with Crippen molar-refractivity contribution < 1.29 is 19.0 Å². The molecule has 0 fully saturated rings. The molecule has 6 aromatic rings. The Balaban J connectivity index is 1.36. The quantitative estimate of drug-likeness (QED) is 0.193. The van der Waals surface area contributed by atoms with Crippen LogP contribution in [0.1, 0.15) is 50.8 Å². The summed E-state index contributed by atoms with van der Waals surface area (Å²) >= 11 is 8.80. The largest absolute Gasteiger partial charge is 0.493 e. The summed E-state index contributed by atoms with van der Waals surface area (Å²) in [6.45, 7) is 6.12. The number of nitrogens with one attached hydrogen (secondary N) is 1. The molecule has 0 saturated carbocycles. The number of hydrogen-bond donors (Lipinski definition) is 2. The molecule has 0 saturated heterocycles. The smallest absolute Gasteiger partial charge is 0.352 e. The molecular weight excluding hydrogens is 675 g/mol. The van der Waals surface area contributed by atoms with Crippen LogP contribution in [0.15, 0.2) is 48.5 Å². The molecule has 12 heteroatoms. The second-order valence-electron chi connectivity index (χ2n) is 12.9. The highest BCUT2D eigenvalue weighted by molar-refractivity contribution is 7.97. The van der Waals surface area contributed by atoms with E-state index in [1.165, 1.54) is 6.07 Å². The lowest BCUT2D eigenvalue weighted by atomic mass is 9.97. The van der Waals surface area contributed by atoms with Crippen LogP contribution < -0.4 is 10.1 Å². The number of carboxylic acid groups (broad SMARTS) is 1. The third-order valence-corrected chi connectivity index (χ3v) is 10.9. The zero-order valence-corrected chi connectivity index (χ0v) is 30.2. The van der Waals surface area contributed by atoms with Crippen LogP contribution in [0.2, 0.25) is 5.02 Å². The molecule has 0 radical (unpaired) electrons. The van der Waals surface area contributed by atoms with Crippen molar-refractivity contribution in [3.8, 4) is 16.9 Å². The topological polar surface area (TPSA) is 99.1 Å². The summed E-state index contributed by atoms with van der Waals surface area (Å²) in [4.78, 5) is 12.8. The maximum absolute atomic E-state index is 14.3. The first-order valence-corrected chi connectivity index (χ1v) is 18.4. The minimum Gasteiger partial charge on any atom is -0.493 e. The van der Waals surface area contributed by atoms with Gasteiger partial charge >= 0.3 is 5.97 Å². The Kier molecular flexibility index (Phi) is 9.65. The molecule has 3 aromatic heterocycles. The standard InChI is InChI=1S/C38H40ClFN6O3S/c1-22-34-32-11-10-30(39)36(34)35-23(2)46(14-12-41-3)43-31(35)21-50-20-27-19-28(44(4)42-27)8-6-24-16-25-18-26(40)7-9-29(25)33(17-24)49-15-5-13-45(32)37(22)38(47)48/h7,9-11,16-19,41H,5-6,8,12-15,20-21H2,1-4H3,(H,47,48). The molecule has 0 spiro atoms. The van der Waals surface area contributed by atoms with Crippen LogP contribution in [0.25, 0.3) is 32.8 Å². The van der Waals surface area contributed by atoms with E-state index >= 15 is 0 Å². The van der Waals surface area contributed by atoms with Crippen LogP contribution in [0.4, 0.5) is 4.39 Å². The van der Waals surface area contributed by atoms with E-state index in [1.807, 2.05) is 59.2 Å². The van der Waals surface area contributed by atoms with E-state index in [0.717, 1.165) is 80.5 Å². The van der Waals surface area contributed by atoms with Gasteiger partial charge in [-0.2, -0.15) is 10.2 Å². The van der Waals surface area contributed by atoms with Gasteiger partial charge in [0.1, 0.15) is 17.3 Å². The van der Waals surface area contributed by atoms with Crippen molar-refractivity contribution in [1.29, 1.82) is 0 Å². The van der Waals surface area contributed by atoms with Crippen molar-refractivity contribution in [3.05, 3.63) is 99.0 Å². The number of ether oxygens (including phenoxy) is 1. The second kappa shape index (κ2) is 14.1. The monoisotopic (exact) mass is 714 g/mol. The fourth-order valence-corrected chi connectivity index (χ4v) is 8.37. The number of carbonyl (C=O) groups is 1. The Morgan fingerprint density at radius 1 is 1.08 bits per heavy atom. The number of aromatic carboxylic acids is 1. The molecule has 1 aliphatic rings. The molecule has 8 bridgehead atoms. The fraction of sp³-hybridized carbons (Fsp3) is 0.342. The molecule has 4 heterocycles. The van der Waals surface area contributed by atoms with Gasteiger partial charge in [0.05, 0.1) is 24.5 Å². The summed E-state index contributed by atoms with van der Waals surface area (Å²) in [7, 11) is 3.89. The summed E-state index contributed by atoms with van der Waals surface area (Å²) in [5.41, 5.74) is 8.48. The number of nitrogens with zero attached hydrogens (tertiary/aromatic N) is 5. The van der Waals surface area contributed by atoms with Crippen molar-refractivity contribution in [2.75, 3.05) is 20.2 Å². The van der Waals surface area contributed by atoms with Crippen molar-refractivity contribution in [3.63, 3.8) is 0 Å². The Hall–Kier alpha value is -4.32. The molecule has 0 atom stereocenters. The summed E-state index contributed by atoms with van der Waals surface area (Å²) in [6.07, 6.45) is 2.05. The molecule has 1 aliphatic heterocycles. The number of aromatic nitrogens is 5. The van der Waals surface area contributed by atoms with Gasteiger partial charge in [-0.05, 0) is 99.1 Å². The van der Waals surface area contributed by atoms with Crippen LogP contribution in [-0.4, -0.2) is 55.4 Å². The highest BCUT2D eigenvalue weighted by Crippen LogP contribution is 2.43. The first kappa shape index (κ1) is 34.1. The minimum absolute atomic E-state index is 0.232. The number of rotatable bonds is 4. The van der Waals surface area contributed by atoms with E-state index < -0.39 is 5.97 Å². The Morgan fingerprint density at radius 2 is 1.92 bits per heavy atom. The molecule has 0 unspecified atom stereocenters. The average molecular weight is 715 g/mol. The van der Waals surface area contributed by atoms with Gasteiger partial charge in [-0.1, -0.05) is 17.7 Å². The first-order chi connectivity index (χ1) is 24.1. The normalized spacial score (nSPS) is 14.1. The molecular formula is C38H40ClFN6O3S. The summed E-state index contributed by atoms with van der Waals surface area (Å²) in [5, 5.41) is 26.6. The molecule has 3 aromatic carbocycles. The number of hydrogen-bond acceptors (Lipinski definition) is 6. The number of benzene rings is 3. The lowest BCUT2D eigenvalue weighted by Gasteiger charge is -2.14. The van der Waals surface area contributed by atoms with Crippen molar-refractivity contribution in [2.24, 2.45) is 7.05 Å². The zero-order chi connectivity index (χ0) is 35.1. The Bertz CT molecular complexity index is 2260. The molecule has 0 aliphatic carbocycles. The van der Waals surface area contributed by atoms with Crippen LogP contribution in [0.3, 0.4) is 0 Å². The number of aryl methyl sites for hydroxylation is 5. The summed E-state index contributed by atoms with van der Waals surface area (Å²) in [6, 6.07) is 14.7. The van der Waals surface area contributed by atoms with E-state index in [0.29, 0.717) is 54.0 Å². The number of thioether (sulfide) groups is 1. The predicted octanol–water partition coefficient (Wildman–Crippen LogP) is 7.72. The zero-order valence-electron chi connectivity index (χ0n) is 28.6. The lowest BCUT2D eigenvalue weighted by molar-refractivity contribution is 0.0684. The van der Waals surface area contributed by atoms with E-state index in [4.69, 9.17) is 26.5 Å². The van der Waals surface area contributed by atoms with Crippen molar-refractivity contribution in [2.45, 2.75) is 57.7 Å². The van der Waals surface area contributed by atoms with Crippen LogP contribution in [0, 0.1) is 19.7 Å². The highest BCUT2D eigenvalue weighted by Gasteiger charge is 2.27.